The van der Waals surface area contributed by atoms with Gasteiger partial charge in [0.25, 0.3) is 5.69 Å². The van der Waals surface area contributed by atoms with Crippen molar-refractivity contribution < 1.29 is 18.9 Å². The van der Waals surface area contributed by atoms with Crippen LogP contribution < -0.4 is 10.1 Å². The molecule has 2 aromatic carbocycles. The van der Waals surface area contributed by atoms with Gasteiger partial charge in [-0.25, -0.2) is 0 Å². The van der Waals surface area contributed by atoms with Gasteiger partial charge < -0.3 is 14.5 Å². The molecule has 28 heavy (non-hydrogen) atoms. The molecule has 0 unspecified atom stereocenters. The first kappa shape index (κ1) is 19.4. The lowest BCUT2D eigenvalue weighted by atomic mass is 9.95. The number of carbonyl (C=O) groups excluding carboxylic acids is 1. The summed E-state index contributed by atoms with van der Waals surface area (Å²) in [5.41, 5.74) is 3.71. The van der Waals surface area contributed by atoms with Gasteiger partial charge in [0.05, 0.1) is 30.8 Å². The van der Waals surface area contributed by atoms with Crippen molar-refractivity contribution in [1.82, 2.24) is 0 Å². The number of carbonyl (C=O) groups is 1. The molecule has 0 saturated heterocycles. The van der Waals surface area contributed by atoms with Gasteiger partial charge in [-0.15, -0.1) is 0 Å². The number of amides is 1. The van der Waals surface area contributed by atoms with Crippen LogP contribution in [0.3, 0.4) is 0 Å². The summed E-state index contributed by atoms with van der Waals surface area (Å²) in [6.07, 6.45) is 1.62. The maximum Gasteiger partial charge on any atom is 0.296 e. The number of nitrogens with one attached hydrogen (secondary N) is 1. The second-order valence-corrected chi connectivity index (χ2v) is 6.99. The first-order valence-electron chi connectivity index (χ1n) is 8.93. The third-order valence-corrected chi connectivity index (χ3v) is 4.69. The van der Waals surface area contributed by atoms with Gasteiger partial charge in [0.1, 0.15) is 17.0 Å². The van der Waals surface area contributed by atoms with Crippen LogP contribution in [0.5, 0.6) is 5.75 Å². The van der Waals surface area contributed by atoms with Crippen molar-refractivity contribution in [2.45, 2.75) is 33.1 Å². The highest BCUT2D eigenvalue weighted by molar-refractivity contribution is 5.97. The smallest absolute Gasteiger partial charge is 0.296 e. The molecule has 146 valence electrons. The molecular formula is C21H22N2O5. The molecule has 0 bridgehead atoms. The summed E-state index contributed by atoms with van der Waals surface area (Å²) in [4.78, 5) is 23.3. The Kier molecular flexibility index (Phi) is 5.35. The fourth-order valence-corrected chi connectivity index (χ4v) is 3.27. The zero-order valence-corrected chi connectivity index (χ0v) is 16.2. The van der Waals surface area contributed by atoms with E-state index >= 15 is 0 Å². The van der Waals surface area contributed by atoms with Crippen molar-refractivity contribution >= 4 is 28.3 Å². The Bertz CT molecular complexity index is 1050. The van der Waals surface area contributed by atoms with Crippen LogP contribution in [0.15, 0.2) is 41.0 Å². The molecule has 3 rings (SSSR count). The number of benzene rings is 2. The Labute approximate surface area is 162 Å². The summed E-state index contributed by atoms with van der Waals surface area (Å²) in [5, 5.41) is 14.8. The molecule has 0 radical (unpaired) electrons. The van der Waals surface area contributed by atoms with Gasteiger partial charge in [-0.1, -0.05) is 13.8 Å². The molecule has 0 atom stereocenters. The van der Waals surface area contributed by atoms with Crippen LogP contribution in [-0.4, -0.2) is 17.9 Å². The van der Waals surface area contributed by atoms with E-state index in [1.807, 2.05) is 13.0 Å². The minimum Gasteiger partial charge on any atom is -0.496 e. The fraction of sp³-hybridized carbons (Fsp3) is 0.286. The number of anilines is 1. The highest BCUT2D eigenvalue weighted by atomic mass is 16.6. The van der Waals surface area contributed by atoms with E-state index in [0.717, 1.165) is 22.1 Å². The van der Waals surface area contributed by atoms with E-state index in [1.54, 1.807) is 12.3 Å². The topological polar surface area (TPSA) is 94.6 Å². The molecule has 0 fully saturated rings. The van der Waals surface area contributed by atoms with E-state index in [-0.39, 0.29) is 23.7 Å². The van der Waals surface area contributed by atoms with Crippen molar-refractivity contribution in [3.8, 4) is 5.75 Å². The zero-order chi connectivity index (χ0) is 20.4. The Hall–Kier alpha value is -3.35. The molecule has 7 heteroatoms. The standard InChI is InChI=1S/C21H22N2O5/c1-12(2)16-10-17-14(11-28-20(17)7-13(16)3)8-21(24)22-18-6-5-15(27-4)9-19(18)23(25)26/h5-7,9-12H,8H2,1-4H3,(H,22,24). The highest BCUT2D eigenvalue weighted by Gasteiger charge is 2.19. The number of nitro benzene ring substituents is 1. The van der Waals surface area contributed by atoms with E-state index in [4.69, 9.17) is 9.15 Å². The SMILES string of the molecule is COc1ccc(NC(=O)Cc2coc3cc(C)c(C(C)C)cc23)c([N+](=O)[O-])c1. The number of hydrogen-bond donors (Lipinski definition) is 1. The third-order valence-electron chi connectivity index (χ3n) is 4.69. The van der Waals surface area contributed by atoms with Crippen molar-refractivity contribution in [3.05, 3.63) is 63.4 Å². The lowest BCUT2D eigenvalue weighted by Crippen LogP contribution is -2.15. The van der Waals surface area contributed by atoms with Crippen LogP contribution in [0.25, 0.3) is 11.0 Å². The van der Waals surface area contributed by atoms with Gasteiger partial charge >= 0.3 is 0 Å². The summed E-state index contributed by atoms with van der Waals surface area (Å²) >= 11 is 0. The number of nitrogens with zero attached hydrogens (tertiary/aromatic N) is 1. The third kappa shape index (κ3) is 3.83. The highest BCUT2D eigenvalue weighted by Crippen LogP contribution is 2.31. The quantitative estimate of drug-likeness (QED) is 0.480. The maximum absolute atomic E-state index is 12.5. The fourth-order valence-electron chi connectivity index (χ4n) is 3.27. The molecular weight excluding hydrogens is 360 g/mol. The summed E-state index contributed by atoms with van der Waals surface area (Å²) in [5.74, 6) is 0.340. The summed E-state index contributed by atoms with van der Waals surface area (Å²) in [6, 6.07) is 8.33. The van der Waals surface area contributed by atoms with Crippen LogP contribution in [0, 0.1) is 17.0 Å². The van der Waals surface area contributed by atoms with Gasteiger partial charge in [-0.05, 0) is 48.2 Å². The van der Waals surface area contributed by atoms with Crippen molar-refractivity contribution in [1.29, 1.82) is 0 Å². The first-order valence-corrected chi connectivity index (χ1v) is 8.93. The lowest BCUT2D eigenvalue weighted by molar-refractivity contribution is -0.384. The number of nitro groups is 1. The number of furan rings is 1. The van der Waals surface area contributed by atoms with Gasteiger partial charge in [0.15, 0.2) is 0 Å². The van der Waals surface area contributed by atoms with Crippen LogP contribution in [-0.2, 0) is 11.2 Å². The van der Waals surface area contributed by atoms with E-state index < -0.39 is 4.92 Å². The summed E-state index contributed by atoms with van der Waals surface area (Å²) < 4.78 is 10.6. The Morgan fingerprint density at radius 3 is 2.68 bits per heavy atom. The van der Waals surface area contributed by atoms with Gasteiger partial charge in [-0.2, -0.15) is 0 Å². The minimum atomic E-state index is -0.553. The van der Waals surface area contributed by atoms with E-state index in [1.165, 1.54) is 24.8 Å². The number of rotatable bonds is 6. The molecule has 0 spiro atoms. The van der Waals surface area contributed by atoms with E-state index in [0.29, 0.717) is 11.7 Å². The number of hydrogen-bond acceptors (Lipinski definition) is 5. The first-order chi connectivity index (χ1) is 13.3. The largest absolute Gasteiger partial charge is 0.496 e. The molecule has 7 nitrogen and oxygen atoms in total. The second-order valence-electron chi connectivity index (χ2n) is 6.99. The average molecular weight is 382 g/mol. The predicted octanol–water partition coefficient (Wildman–Crippen LogP) is 4.96. The van der Waals surface area contributed by atoms with Crippen molar-refractivity contribution in [2.24, 2.45) is 0 Å². The van der Waals surface area contributed by atoms with Gasteiger partial charge in [0, 0.05) is 10.9 Å². The normalized spacial score (nSPS) is 11.0. The maximum atomic E-state index is 12.5. The second kappa shape index (κ2) is 7.72. The Morgan fingerprint density at radius 1 is 1.29 bits per heavy atom. The van der Waals surface area contributed by atoms with Crippen molar-refractivity contribution in [3.63, 3.8) is 0 Å². The van der Waals surface area contributed by atoms with Crippen LogP contribution in [0.4, 0.5) is 11.4 Å². The molecule has 1 N–H and O–H groups in total. The molecule has 1 aromatic heterocycles. The summed E-state index contributed by atoms with van der Waals surface area (Å²) in [7, 11) is 1.43. The average Bonchev–Trinajstić information content (AvgIpc) is 3.02. The van der Waals surface area contributed by atoms with E-state index in [9.17, 15) is 14.9 Å². The van der Waals surface area contributed by atoms with E-state index in [2.05, 4.69) is 25.2 Å². The summed E-state index contributed by atoms with van der Waals surface area (Å²) in [6.45, 7) is 6.26. The number of methoxy groups -OCH3 is 1. The zero-order valence-electron chi connectivity index (χ0n) is 16.2. The minimum absolute atomic E-state index is 0.0524. The lowest BCUT2D eigenvalue weighted by Gasteiger charge is -2.10. The Balaban J connectivity index is 1.86. The number of fused-ring (bicyclic) bond motifs is 1. The monoisotopic (exact) mass is 382 g/mol. The number of ether oxygens (including phenoxy) is 1. The molecule has 1 heterocycles. The molecule has 0 aliphatic carbocycles. The van der Waals surface area contributed by atoms with Gasteiger partial charge in [0.2, 0.25) is 5.91 Å². The molecule has 0 aliphatic rings. The number of aryl methyl sites for hydroxylation is 1. The van der Waals surface area contributed by atoms with Crippen molar-refractivity contribution in [2.75, 3.05) is 12.4 Å². The Morgan fingerprint density at radius 2 is 2.04 bits per heavy atom. The van der Waals surface area contributed by atoms with Crippen LogP contribution >= 0.6 is 0 Å². The molecule has 1 amide bonds. The molecule has 0 saturated carbocycles. The van der Waals surface area contributed by atoms with Gasteiger partial charge in [-0.3, -0.25) is 14.9 Å². The van der Waals surface area contributed by atoms with Crippen LogP contribution in [0.1, 0.15) is 36.5 Å². The predicted molar refractivity (Wildman–Crippen MR) is 107 cm³/mol. The molecule has 3 aromatic rings. The van der Waals surface area contributed by atoms with Crippen LogP contribution in [0.2, 0.25) is 0 Å². The molecule has 0 aliphatic heterocycles.